The van der Waals surface area contributed by atoms with Crippen LogP contribution in [0.15, 0.2) is 17.7 Å². The summed E-state index contributed by atoms with van der Waals surface area (Å²) in [7, 11) is 2.11. The molecular formula is C19H24ClN5O4. The van der Waals surface area contributed by atoms with Crippen LogP contribution in [0.3, 0.4) is 0 Å². The van der Waals surface area contributed by atoms with Gasteiger partial charge in [0, 0.05) is 19.6 Å². The lowest BCUT2D eigenvalue weighted by Crippen LogP contribution is -2.34. The molecule has 0 unspecified atom stereocenters. The molecule has 10 heteroatoms. The zero-order chi connectivity index (χ0) is 20.0. The molecule has 3 N–H and O–H groups in total. The average Bonchev–Trinajstić information content (AvgIpc) is 3.38. The number of aliphatic hydroxyl groups excluding tert-OH is 1. The number of rotatable bonds is 5. The van der Waals surface area contributed by atoms with Crippen LogP contribution < -0.4 is 10.1 Å². The van der Waals surface area contributed by atoms with E-state index in [1.807, 2.05) is 0 Å². The first-order chi connectivity index (χ1) is 14.1. The van der Waals surface area contributed by atoms with Crippen LogP contribution in [-0.2, 0) is 9.47 Å². The molecule has 5 heterocycles. The number of fused-ring (bicyclic) bond motifs is 2. The number of nitrogens with zero attached hydrogens (tertiary/aromatic N) is 3. The molecule has 2 saturated heterocycles. The van der Waals surface area contributed by atoms with Crippen molar-refractivity contribution in [2.45, 2.75) is 30.8 Å². The van der Waals surface area contributed by atoms with Crippen molar-refractivity contribution in [3.05, 3.63) is 22.7 Å². The van der Waals surface area contributed by atoms with E-state index in [1.54, 1.807) is 6.07 Å². The number of likely N-dealkylation sites (N-methyl/N-ethyl adjacent to an activating group) is 1. The number of ether oxygens (including phenoxy) is 3. The number of aromatic nitrogens is 3. The Balaban J connectivity index is 1.28. The van der Waals surface area contributed by atoms with Crippen molar-refractivity contribution >= 4 is 28.6 Å². The molecule has 156 valence electrons. The van der Waals surface area contributed by atoms with E-state index < -0.39 is 6.10 Å². The summed E-state index contributed by atoms with van der Waals surface area (Å²) in [6.07, 6.45) is 1.69. The lowest BCUT2D eigenvalue weighted by atomic mass is 10.1. The van der Waals surface area contributed by atoms with Crippen LogP contribution in [0.5, 0.6) is 6.01 Å². The van der Waals surface area contributed by atoms with Gasteiger partial charge in [0.25, 0.3) is 6.01 Å². The van der Waals surface area contributed by atoms with Crippen molar-refractivity contribution in [2.24, 2.45) is 0 Å². The standard InChI is InChI=1S/C19H24ClN5O4/c1-25-4-2-10(3-5-25)7-21-17-11(20)6-12-18(23-17)24-19(22-12)29-14-9-28-15-13(26)8-27-16(14)15/h2,6,13-16,26H,3-5,7-9H2,1H3,(H2,21,22,23,24)/t13-,14-,15-,16-/m1/s1. The summed E-state index contributed by atoms with van der Waals surface area (Å²) in [5.74, 6) is 0.601. The molecule has 0 aromatic carbocycles. The summed E-state index contributed by atoms with van der Waals surface area (Å²) in [6.45, 7) is 3.33. The summed E-state index contributed by atoms with van der Waals surface area (Å²) in [5, 5.41) is 13.7. The first-order valence-electron chi connectivity index (χ1n) is 9.81. The highest BCUT2D eigenvalue weighted by molar-refractivity contribution is 6.33. The maximum atomic E-state index is 9.85. The van der Waals surface area contributed by atoms with Gasteiger partial charge in [-0.25, -0.2) is 4.98 Å². The summed E-state index contributed by atoms with van der Waals surface area (Å²) in [6, 6.07) is 2.12. The highest BCUT2D eigenvalue weighted by Gasteiger charge is 2.48. The smallest absolute Gasteiger partial charge is 0.296 e. The third-order valence-corrected chi connectivity index (χ3v) is 5.93. The summed E-state index contributed by atoms with van der Waals surface area (Å²) in [4.78, 5) is 14.3. The molecule has 3 aliphatic heterocycles. The van der Waals surface area contributed by atoms with E-state index in [0.29, 0.717) is 41.2 Å². The Labute approximate surface area is 173 Å². The predicted molar refractivity (Wildman–Crippen MR) is 107 cm³/mol. The Morgan fingerprint density at radius 1 is 1.34 bits per heavy atom. The summed E-state index contributed by atoms with van der Waals surface area (Å²) < 4.78 is 17.1. The van der Waals surface area contributed by atoms with Gasteiger partial charge in [0.05, 0.1) is 23.8 Å². The maximum Gasteiger partial charge on any atom is 0.296 e. The number of imidazole rings is 1. The number of nitrogens with one attached hydrogen (secondary N) is 2. The Morgan fingerprint density at radius 2 is 2.21 bits per heavy atom. The second kappa shape index (κ2) is 7.73. The van der Waals surface area contributed by atoms with Crippen molar-refractivity contribution in [3.63, 3.8) is 0 Å². The third-order valence-electron chi connectivity index (χ3n) is 5.64. The Morgan fingerprint density at radius 3 is 3.03 bits per heavy atom. The SMILES string of the molecule is CN1CC=C(CNc2nc3nc(O[C@@H]4CO[C@H]5[C@@H]4OC[C@H]5O)[nH]c3cc2Cl)CC1. The van der Waals surface area contributed by atoms with Gasteiger partial charge in [-0.2, -0.15) is 4.98 Å². The quantitative estimate of drug-likeness (QED) is 0.618. The summed E-state index contributed by atoms with van der Waals surface area (Å²) >= 11 is 6.40. The minimum Gasteiger partial charge on any atom is -0.456 e. The Hall–Kier alpha value is -1.91. The number of H-pyrrole nitrogens is 1. The largest absolute Gasteiger partial charge is 0.456 e. The molecule has 2 aromatic heterocycles. The van der Waals surface area contributed by atoms with Crippen LogP contribution in [-0.4, -0.2) is 89.3 Å². The Bertz CT molecular complexity index is 935. The van der Waals surface area contributed by atoms with Crippen molar-refractivity contribution in [3.8, 4) is 6.01 Å². The highest BCUT2D eigenvalue weighted by Crippen LogP contribution is 2.30. The molecule has 4 atom stereocenters. The number of aromatic amines is 1. The number of hydrogen-bond donors (Lipinski definition) is 3. The van der Waals surface area contributed by atoms with Crippen LogP contribution in [0.25, 0.3) is 11.2 Å². The van der Waals surface area contributed by atoms with E-state index in [0.717, 1.165) is 19.5 Å². The van der Waals surface area contributed by atoms with E-state index in [4.69, 9.17) is 25.8 Å². The molecule has 9 nitrogen and oxygen atoms in total. The van der Waals surface area contributed by atoms with Gasteiger partial charge in [-0.3, -0.25) is 0 Å². The molecule has 0 saturated carbocycles. The molecule has 0 amide bonds. The van der Waals surface area contributed by atoms with Crippen LogP contribution >= 0.6 is 11.6 Å². The topological polar surface area (TPSA) is 105 Å². The van der Waals surface area contributed by atoms with Gasteiger partial charge in [-0.15, -0.1) is 0 Å². The average molecular weight is 422 g/mol. The number of halogens is 1. The number of hydrogen-bond acceptors (Lipinski definition) is 8. The highest BCUT2D eigenvalue weighted by atomic mass is 35.5. The molecule has 0 aliphatic carbocycles. The second-order valence-electron chi connectivity index (χ2n) is 7.78. The summed E-state index contributed by atoms with van der Waals surface area (Å²) in [5.41, 5.74) is 2.56. The molecule has 0 spiro atoms. The molecular weight excluding hydrogens is 398 g/mol. The zero-order valence-electron chi connectivity index (χ0n) is 16.1. The number of aliphatic hydroxyl groups is 1. The lowest BCUT2D eigenvalue weighted by Gasteiger charge is -2.22. The fraction of sp³-hybridized carbons (Fsp3) is 0.579. The fourth-order valence-electron chi connectivity index (χ4n) is 3.93. The van der Waals surface area contributed by atoms with Gasteiger partial charge >= 0.3 is 0 Å². The van der Waals surface area contributed by atoms with Crippen LogP contribution in [0.2, 0.25) is 5.02 Å². The van der Waals surface area contributed by atoms with Gasteiger partial charge < -0.3 is 34.5 Å². The molecule has 0 bridgehead atoms. The molecule has 2 aromatic rings. The predicted octanol–water partition coefficient (Wildman–Crippen LogP) is 1.19. The van der Waals surface area contributed by atoms with E-state index in [-0.39, 0.29) is 24.9 Å². The van der Waals surface area contributed by atoms with Gasteiger partial charge in [0.1, 0.15) is 24.1 Å². The van der Waals surface area contributed by atoms with Gasteiger partial charge in [-0.1, -0.05) is 23.3 Å². The first-order valence-corrected chi connectivity index (χ1v) is 10.2. The third kappa shape index (κ3) is 3.80. The monoisotopic (exact) mass is 421 g/mol. The minimum absolute atomic E-state index is 0.258. The second-order valence-corrected chi connectivity index (χ2v) is 8.19. The molecule has 29 heavy (non-hydrogen) atoms. The van der Waals surface area contributed by atoms with E-state index in [9.17, 15) is 5.11 Å². The minimum atomic E-state index is -0.613. The van der Waals surface area contributed by atoms with Gasteiger partial charge in [0.2, 0.25) is 0 Å². The first kappa shape index (κ1) is 19.1. The number of anilines is 1. The Kier molecular flexibility index (Phi) is 5.09. The van der Waals surface area contributed by atoms with E-state index in [2.05, 4.69) is 38.3 Å². The van der Waals surface area contributed by atoms with Crippen molar-refractivity contribution in [1.82, 2.24) is 19.9 Å². The number of pyridine rings is 1. The maximum absolute atomic E-state index is 9.85. The molecule has 0 radical (unpaired) electrons. The van der Waals surface area contributed by atoms with Crippen LogP contribution in [0, 0.1) is 0 Å². The molecule has 3 aliphatic rings. The van der Waals surface area contributed by atoms with E-state index >= 15 is 0 Å². The van der Waals surface area contributed by atoms with Crippen molar-refractivity contribution < 1.29 is 19.3 Å². The van der Waals surface area contributed by atoms with Crippen LogP contribution in [0.4, 0.5) is 5.82 Å². The van der Waals surface area contributed by atoms with Crippen molar-refractivity contribution in [2.75, 3.05) is 45.2 Å². The molecule has 5 rings (SSSR count). The lowest BCUT2D eigenvalue weighted by molar-refractivity contribution is 0.00706. The van der Waals surface area contributed by atoms with Crippen molar-refractivity contribution in [1.29, 1.82) is 0 Å². The van der Waals surface area contributed by atoms with Gasteiger partial charge in [-0.05, 0) is 19.5 Å². The van der Waals surface area contributed by atoms with E-state index in [1.165, 1.54) is 5.57 Å². The molecule has 2 fully saturated rings. The normalized spacial score (nSPS) is 29.8. The fourth-order valence-corrected chi connectivity index (χ4v) is 4.15. The van der Waals surface area contributed by atoms with Crippen LogP contribution in [0.1, 0.15) is 6.42 Å². The zero-order valence-corrected chi connectivity index (χ0v) is 16.9. The van der Waals surface area contributed by atoms with Gasteiger partial charge in [0.15, 0.2) is 11.8 Å².